The molecule has 0 rings (SSSR count). The van der Waals surface area contributed by atoms with Crippen molar-refractivity contribution in [3.05, 3.63) is 12.2 Å². The zero-order valence-corrected chi connectivity index (χ0v) is 28.0. The van der Waals surface area contributed by atoms with E-state index in [-0.39, 0.29) is 5.97 Å². The van der Waals surface area contributed by atoms with Crippen molar-refractivity contribution in [1.29, 1.82) is 0 Å². The molecule has 1 atom stereocenters. The van der Waals surface area contributed by atoms with E-state index in [1.807, 2.05) is 0 Å². The lowest BCUT2D eigenvalue weighted by atomic mass is 9.94. The highest BCUT2D eigenvalue weighted by atomic mass is 16.5. The van der Waals surface area contributed by atoms with Crippen LogP contribution >= 0.6 is 0 Å². The van der Waals surface area contributed by atoms with E-state index in [4.69, 9.17) is 4.74 Å². The van der Waals surface area contributed by atoms with Gasteiger partial charge in [-0.25, -0.2) is 0 Å². The Morgan fingerprint density at radius 2 is 0.825 bits per heavy atom. The fraction of sp³-hybridized carbons (Fsp3) is 0.921. The summed E-state index contributed by atoms with van der Waals surface area (Å²) in [5.41, 5.74) is 0. The van der Waals surface area contributed by atoms with Crippen LogP contribution in [0.25, 0.3) is 0 Å². The van der Waals surface area contributed by atoms with Crippen molar-refractivity contribution in [3.63, 3.8) is 0 Å². The lowest BCUT2D eigenvalue weighted by Crippen LogP contribution is -2.14. The second-order valence-corrected chi connectivity index (χ2v) is 12.7. The summed E-state index contributed by atoms with van der Waals surface area (Å²) in [6.45, 7) is 7.51. The third-order valence-corrected chi connectivity index (χ3v) is 8.55. The summed E-state index contributed by atoms with van der Waals surface area (Å²) < 4.78 is 5.79. The van der Waals surface area contributed by atoms with Gasteiger partial charge < -0.3 is 4.74 Å². The van der Waals surface area contributed by atoms with Crippen molar-refractivity contribution < 1.29 is 9.53 Å². The Balaban J connectivity index is 3.86. The largest absolute Gasteiger partial charge is 0.465 e. The second kappa shape index (κ2) is 34.4. The molecule has 2 heteroatoms. The molecule has 0 saturated carbocycles. The normalized spacial score (nSPS) is 12.4. The second-order valence-electron chi connectivity index (χ2n) is 12.7. The van der Waals surface area contributed by atoms with E-state index in [0.29, 0.717) is 18.9 Å². The van der Waals surface area contributed by atoms with Gasteiger partial charge in [0.1, 0.15) is 0 Å². The fourth-order valence-electron chi connectivity index (χ4n) is 5.71. The van der Waals surface area contributed by atoms with Gasteiger partial charge in [0, 0.05) is 6.42 Å². The molecule has 0 radical (unpaired) electrons. The van der Waals surface area contributed by atoms with E-state index in [1.165, 1.54) is 173 Å². The Hall–Kier alpha value is -0.790. The van der Waals surface area contributed by atoms with E-state index in [0.717, 1.165) is 12.8 Å². The van der Waals surface area contributed by atoms with Gasteiger partial charge in [-0.3, -0.25) is 4.79 Å². The first kappa shape index (κ1) is 39.2. The molecule has 0 amide bonds. The van der Waals surface area contributed by atoms with E-state index in [1.54, 1.807) is 0 Å². The van der Waals surface area contributed by atoms with E-state index in [2.05, 4.69) is 32.9 Å². The molecule has 0 heterocycles. The fourth-order valence-corrected chi connectivity index (χ4v) is 5.71. The minimum Gasteiger partial charge on any atom is -0.465 e. The molecule has 0 aromatic carbocycles. The topological polar surface area (TPSA) is 26.3 Å². The summed E-state index contributed by atoms with van der Waals surface area (Å²) in [7, 11) is 0. The number of hydrogen-bond donors (Lipinski definition) is 0. The summed E-state index contributed by atoms with van der Waals surface area (Å²) in [5.74, 6) is 0.617. The van der Waals surface area contributed by atoms with Gasteiger partial charge in [0.15, 0.2) is 0 Å². The maximum Gasteiger partial charge on any atom is 0.305 e. The molecular weight excluding hydrogens is 488 g/mol. The molecule has 40 heavy (non-hydrogen) atoms. The molecule has 0 aliphatic rings. The van der Waals surface area contributed by atoms with Crippen LogP contribution in [0.5, 0.6) is 0 Å². The number of allylic oxidation sites excluding steroid dienone is 2. The number of carbonyl (C=O) groups excluding carboxylic acids is 1. The Bertz CT molecular complexity index is 512. The van der Waals surface area contributed by atoms with Crippen LogP contribution in [0.1, 0.15) is 213 Å². The van der Waals surface area contributed by atoms with E-state index in [9.17, 15) is 4.79 Å². The summed E-state index contributed by atoms with van der Waals surface area (Å²) >= 11 is 0. The molecule has 0 bridgehead atoms. The Morgan fingerprint density at radius 3 is 1.25 bits per heavy atom. The number of esters is 1. The van der Waals surface area contributed by atoms with Crippen molar-refractivity contribution in [1.82, 2.24) is 0 Å². The van der Waals surface area contributed by atoms with E-state index >= 15 is 0 Å². The summed E-state index contributed by atoms with van der Waals surface area (Å²) in [5, 5.41) is 0. The van der Waals surface area contributed by atoms with Crippen LogP contribution in [0.3, 0.4) is 0 Å². The number of rotatable bonds is 33. The quantitative estimate of drug-likeness (QED) is 0.0451. The van der Waals surface area contributed by atoms with Crippen molar-refractivity contribution in [2.75, 3.05) is 6.61 Å². The van der Waals surface area contributed by atoms with Gasteiger partial charge in [-0.15, -0.1) is 0 Å². The third kappa shape index (κ3) is 31.7. The first-order valence-corrected chi connectivity index (χ1v) is 18.5. The SMILES string of the molecule is CCCCCCCCC=CCCCCCCCC(=O)OCC(CCCCCCCC)CCCCCCCCCC. The lowest BCUT2D eigenvalue weighted by molar-refractivity contribution is -0.145. The molecular formula is C38H74O2. The molecule has 0 aromatic rings. The highest BCUT2D eigenvalue weighted by Crippen LogP contribution is 2.20. The average molecular weight is 563 g/mol. The van der Waals surface area contributed by atoms with Crippen LogP contribution in [-0.4, -0.2) is 12.6 Å². The molecule has 0 aromatic heterocycles. The molecule has 0 aliphatic carbocycles. The predicted octanol–water partition coefficient (Wildman–Crippen LogP) is 13.5. The van der Waals surface area contributed by atoms with Crippen LogP contribution < -0.4 is 0 Å². The van der Waals surface area contributed by atoms with Crippen LogP contribution in [-0.2, 0) is 9.53 Å². The van der Waals surface area contributed by atoms with E-state index < -0.39 is 0 Å². The molecule has 0 N–H and O–H groups in total. The minimum absolute atomic E-state index is 0.0431. The lowest BCUT2D eigenvalue weighted by Gasteiger charge is -2.17. The smallest absolute Gasteiger partial charge is 0.305 e. The molecule has 0 fully saturated rings. The van der Waals surface area contributed by atoms with Gasteiger partial charge in [-0.05, 0) is 50.9 Å². The van der Waals surface area contributed by atoms with Crippen LogP contribution in [0.2, 0.25) is 0 Å². The molecule has 0 aliphatic heterocycles. The zero-order valence-electron chi connectivity index (χ0n) is 28.0. The monoisotopic (exact) mass is 563 g/mol. The van der Waals surface area contributed by atoms with Gasteiger partial charge in [-0.1, -0.05) is 174 Å². The van der Waals surface area contributed by atoms with Crippen LogP contribution in [0.4, 0.5) is 0 Å². The zero-order chi connectivity index (χ0) is 29.2. The summed E-state index contributed by atoms with van der Waals surface area (Å²) in [4.78, 5) is 12.4. The van der Waals surface area contributed by atoms with Crippen molar-refractivity contribution in [2.24, 2.45) is 5.92 Å². The van der Waals surface area contributed by atoms with Gasteiger partial charge in [-0.2, -0.15) is 0 Å². The molecule has 1 unspecified atom stereocenters. The number of ether oxygens (including phenoxy) is 1. The average Bonchev–Trinajstić information content (AvgIpc) is 2.96. The van der Waals surface area contributed by atoms with Gasteiger partial charge in [0.2, 0.25) is 0 Å². The maximum atomic E-state index is 12.4. The number of hydrogen-bond acceptors (Lipinski definition) is 2. The number of unbranched alkanes of at least 4 members (excludes halogenated alkanes) is 23. The Labute approximate surface area is 253 Å². The third-order valence-electron chi connectivity index (χ3n) is 8.55. The van der Waals surface area contributed by atoms with Gasteiger partial charge >= 0.3 is 5.97 Å². The highest BCUT2D eigenvalue weighted by Gasteiger charge is 2.12. The first-order chi connectivity index (χ1) is 19.7. The molecule has 2 nitrogen and oxygen atoms in total. The van der Waals surface area contributed by atoms with Crippen LogP contribution in [0, 0.1) is 5.92 Å². The predicted molar refractivity (Wildman–Crippen MR) is 179 cm³/mol. The number of carbonyl (C=O) groups is 1. The first-order valence-electron chi connectivity index (χ1n) is 18.5. The van der Waals surface area contributed by atoms with Crippen LogP contribution in [0.15, 0.2) is 12.2 Å². The minimum atomic E-state index is 0.0431. The van der Waals surface area contributed by atoms with Crippen molar-refractivity contribution in [2.45, 2.75) is 213 Å². The Kier molecular flexibility index (Phi) is 33.7. The van der Waals surface area contributed by atoms with Crippen molar-refractivity contribution in [3.8, 4) is 0 Å². The summed E-state index contributed by atoms with van der Waals surface area (Å²) in [6, 6.07) is 0. The molecule has 0 spiro atoms. The maximum absolute atomic E-state index is 12.4. The molecule has 238 valence electrons. The Morgan fingerprint density at radius 1 is 0.475 bits per heavy atom. The highest BCUT2D eigenvalue weighted by molar-refractivity contribution is 5.69. The van der Waals surface area contributed by atoms with Gasteiger partial charge in [0.25, 0.3) is 0 Å². The standard InChI is InChI=1S/C38H74O2/c1-4-7-10-13-16-18-19-20-21-22-23-24-26-29-32-35-38(39)40-36-37(33-30-27-15-12-9-6-3)34-31-28-25-17-14-11-8-5-2/h20-21,37H,4-19,22-36H2,1-3H3. The van der Waals surface area contributed by atoms with Crippen molar-refractivity contribution >= 4 is 5.97 Å². The molecule has 0 saturated heterocycles. The van der Waals surface area contributed by atoms with Gasteiger partial charge in [0.05, 0.1) is 6.61 Å². The summed E-state index contributed by atoms with van der Waals surface area (Å²) in [6.07, 6.45) is 43.7.